The highest BCUT2D eigenvalue weighted by molar-refractivity contribution is 5.48. The van der Waals surface area contributed by atoms with Crippen molar-refractivity contribution in [1.82, 2.24) is 4.90 Å². The third-order valence-electron chi connectivity index (χ3n) is 3.27. The Morgan fingerprint density at radius 1 is 1.38 bits per heavy atom. The van der Waals surface area contributed by atoms with Gasteiger partial charge in [-0.25, -0.2) is 0 Å². The quantitative estimate of drug-likeness (QED) is 0.530. The molecule has 1 rings (SSSR count). The van der Waals surface area contributed by atoms with Gasteiger partial charge in [-0.2, -0.15) is 0 Å². The molecule has 3 radical (unpaired) electrons. The molecule has 0 bridgehead atoms. The van der Waals surface area contributed by atoms with E-state index in [1.54, 1.807) is 30.7 Å². The van der Waals surface area contributed by atoms with Crippen LogP contribution in [0.4, 0.5) is 0 Å². The van der Waals surface area contributed by atoms with Crippen molar-refractivity contribution in [3.8, 4) is 0 Å². The van der Waals surface area contributed by atoms with Crippen molar-refractivity contribution < 1.29 is 9.90 Å². The zero-order valence-corrected chi connectivity index (χ0v) is 12.8. The lowest BCUT2D eigenvalue weighted by molar-refractivity contribution is -0.119. The Morgan fingerprint density at radius 3 is 2.62 bits per heavy atom. The van der Waals surface area contributed by atoms with E-state index in [2.05, 4.69) is 6.58 Å². The molecule has 3 heteroatoms. The lowest BCUT2D eigenvalue weighted by atomic mass is 9.94. The highest BCUT2D eigenvalue weighted by atomic mass is 16.3. The zero-order chi connectivity index (χ0) is 15.7. The zero-order valence-electron chi connectivity index (χ0n) is 12.8. The van der Waals surface area contributed by atoms with Crippen molar-refractivity contribution in [2.24, 2.45) is 0 Å². The van der Waals surface area contributed by atoms with Gasteiger partial charge in [0, 0.05) is 12.6 Å². The van der Waals surface area contributed by atoms with Gasteiger partial charge in [-0.15, -0.1) is 6.58 Å². The SMILES string of the molecule is C=CC[C@@](C)(O)[CH][CH][CH][C@@H](C)N(C=O)Cc1ccccc1. The molecular weight excluding hydrogens is 262 g/mol. The van der Waals surface area contributed by atoms with Crippen LogP contribution in [0, 0.1) is 19.3 Å². The predicted molar refractivity (Wildman–Crippen MR) is 85.8 cm³/mol. The van der Waals surface area contributed by atoms with Crippen molar-refractivity contribution in [3.63, 3.8) is 0 Å². The molecule has 113 valence electrons. The van der Waals surface area contributed by atoms with Gasteiger partial charge in [-0.3, -0.25) is 4.79 Å². The van der Waals surface area contributed by atoms with Crippen LogP contribution in [0.25, 0.3) is 0 Å². The number of carbonyl (C=O) groups is 1. The molecule has 0 aliphatic heterocycles. The van der Waals surface area contributed by atoms with Crippen molar-refractivity contribution in [2.45, 2.75) is 38.5 Å². The maximum absolute atomic E-state index is 11.2. The summed E-state index contributed by atoms with van der Waals surface area (Å²) in [5, 5.41) is 10.00. The molecule has 0 heterocycles. The van der Waals surface area contributed by atoms with Gasteiger partial charge in [0.2, 0.25) is 6.41 Å². The highest BCUT2D eigenvalue weighted by Crippen LogP contribution is 2.18. The van der Waals surface area contributed by atoms with E-state index in [4.69, 9.17) is 0 Å². The van der Waals surface area contributed by atoms with Crippen molar-refractivity contribution in [3.05, 3.63) is 67.8 Å². The maximum Gasteiger partial charge on any atom is 0.210 e. The summed E-state index contributed by atoms with van der Waals surface area (Å²) in [7, 11) is 0. The van der Waals surface area contributed by atoms with Gasteiger partial charge >= 0.3 is 0 Å². The van der Waals surface area contributed by atoms with Crippen LogP contribution in [-0.2, 0) is 11.3 Å². The van der Waals surface area contributed by atoms with Crippen LogP contribution in [0.1, 0.15) is 25.8 Å². The molecule has 1 aromatic rings. The van der Waals surface area contributed by atoms with E-state index in [1.807, 2.05) is 43.7 Å². The second-order valence-electron chi connectivity index (χ2n) is 5.41. The molecule has 0 aliphatic carbocycles. The molecule has 0 aliphatic rings. The summed E-state index contributed by atoms with van der Waals surface area (Å²) in [6, 6.07) is 9.81. The number of amides is 1. The molecule has 0 spiro atoms. The minimum absolute atomic E-state index is 0.0431. The fraction of sp³-hybridized carbons (Fsp3) is 0.333. The lowest BCUT2D eigenvalue weighted by Crippen LogP contribution is -2.33. The van der Waals surface area contributed by atoms with E-state index in [9.17, 15) is 9.90 Å². The van der Waals surface area contributed by atoms with E-state index in [-0.39, 0.29) is 6.04 Å². The average molecular weight is 286 g/mol. The van der Waals surface area contributed by atoms with Gasteiger partial charge in [0.15, 0.2) is 0 Å². The average Bonchev–Trinajstić information content (AvgIpc) is 2.45. The van der Waals surface area contributed by atoms with Gasteiger partial charge < -0.3 is 10.0 Å². The van der Waals surface area contributed by atoms with Crippen LogP contribution in [-0.4, -0.2) is 28.1 Å². The van der Waals surface area contributed by atoms with E-state index in [1.165, 1.54) is 0 Å². The lowest BCUT2D eigenvalue weighted by Gasteiger charge is -2.26. The Kier molecular flexibility index (Phi) is 7.17. The first-order chi connectivity index (χ1) is 9.98. The summed E-state index contributed by atoms with van der Waals surface area (Å²) in [5.74, 6) is 0. The van der Waals surface area contributed by atoms with Crippen LogP contribution in [0.15, 0.2) is 43.0 Å². The van der Waals surface area contributed by atoms with Crippen molar-refractivity contribution in [1.29, 1.82) is 0 Å². The van der Waals surface area contributed by atoms with Crippen LogP contribution < -0.4 is 0 Å². The summed E-state index contributed by atoms with van der Waals surface area (Å²) in [6.07, 6.45) is 8.44. The van der Waals surface area contributed by atoms with Crippen LogP contribution >= 0.6 is 0 Å². The minimum atomic E-state index is -0.899. The molecule has 0 saturated carbocycles. The summed E-state index contributed by atoms with van der Waals surface area (Å²) in [4.78, 5) is 12.9. The van der Waals surface area contributed by atoms with Crippen molar-refractivity contribution in [2.75, 3.05) is 0 Å². The van der Waals surface area contributed by atoms with E-state index in [0.717, 1.165) is 12.0 Å². The standard InChI is InChI=1S/C18H24NO2/c1-4-12-18(3,21)13-8-9-16(2)19(15-20)14-17-10-6-5-7-11-17/h4-11,13,15-16,21H,1,12,14H2,2-3H3/t16-,18-/m1/s1. The second-order valence-corrected chi connectivity index (χ2v) is 5.41. The monoisotopic (exact) mass is 286 g/mol. The summed E-state index contributed by atoms with van der Waals surface area (Å²) in [6.45, 7) is 7.86. The van der Waals surface area contributed by atoms with E-state index >= 15 is 0 Å². The molecule has 0 unspecified atom stereocenters. The Hall–Kier alpha value is -1.61. The molecule has 0 aromatic heterocycles. The molecule has 0 saturated heterocycles. The molecular formula is C18H24NO2. The Labute approximate surface area is 128 Å². The molecule has 0 fully saturated rings. The topological polar surface area (TPSA) is 40.5 Å². The summed E-state index contributed by atoms with van der Waals surface area (Å²) < 4.78 is 0. The first-order valence-corrected chi connectivity index (χ1v) is 7.09. The van der Waals surface area contributed by atoms with E-state index in [0.29, 0.717) is 13.0 Å². The molecule has 2 atom stereocenters. The largest absolute Gasteiger partial charge is 0.390 e. The van der Waals surface area contributed by atoms with Crippen LogP contribution in [0.3, 0.4) is 0 Å². The molecule has 1 aromatic carbocycles. The number of aliphatic hydroxyl groups is 1. The first kappa shape index (κ1) is 17.4. The number of benzene rings is 1. The van der Waals surface area contributed by atoms with Gasteiger partial charge in [0.1, 0.15) is 0 Å². The summed E-state index contributed by atoms with van der Waals surface area (Å²) in [5.41, 5.74) is 0.191. The predicted octanol–water partition coefficient (Wildman–Crippen LogP) is 2.97. The smallest absolute Gasteiger partial charge is 0.210 e. The summed E-state index contributed by atoms with van der Waals surface area (Å²) >= 11 is 0. The molecule has 1 amide bonds. The molecule has 21 heavy (non-hydrogen) atoms. The minimum Gasteiger partial charge on any atom is -0.390 e. The van der Waals surface area contributed by atoms with Gasteiger partial charge in [0.25, 0.3) is 0 Å². The second kappa shape index (κ2) is 8.63. The molecule has 3 nitrogen and oxygen atoms in total. The highest BCUT2D eigenvalue weighted by Gasteiger charge is 2.20. The van der Waals surface area contributed by atoms with E-state index < -0.39 is 5.60 Å². The Balaban J connectivity index is 2.43. The first-order valence-electron chi connectivity index (χ1n) is 7.09. The van der Waals surface area contributed by atoms with Crippen LogP contribution in [0.5, 0.6) is 0 Å². The van der Waals surface area contributed by atoms with Gasteiger partial charge in [0.05, 0.1) is 5.60 Å². The Morgan fingerprint density at radius 2 is 2.05 bits per heavy atom. The number of hydrogen-bond donors (Lipinski definition) is 1. The normalized spacial score (nSPS) is 15.0. The number of hydrogen-bond acceptors (Lipinski definition) is 2. The number of rotatable bonds is 10. The third-order valence-corrected chi connectivity index (χ3v) is 3.27. The van der Waals surface area contributed by atoms with Crippen LogP contribution in [0.2, 0.25) is 0 Å². The fourth-order valence-corrected chi connectivity index (χ4v) is 1.97. The number of nitrogens with zero attached hydrogens (tertiary/aromatic N) is 1. The Bertz CT molecular complexity index is 428. The third kappa shape index (κ3) is 6.58. The number of carbonyl (C=O) groups excluding carboxylic acids is 1. The van der Waals surface area contributed by atoms with Crippen molar-refractivity contribution >= 4 is 6.41 Å². The fourth-order valence-electron chi connectivity index (χ4n) is 1.97. The maximum atomic E-state index is 11.2. The van der Waals surface area contributed by atoms with Gasteiger partial charge in [-0.1, -0.05) is 36.4 Å². The molecule has 1 N–H and O–H groups in total. The van der Waals surface area contributed by atoms with Gasteiger partial charge in [-0.05, 0) is 45.1 Å².